The third-order valence-electron chi connectivity index (χ3n) is 2.44. The van der Waals surface area contributed by atoms with Crippen LogP contribution in [0.2, 0.25) is 0 Å². The highest BCUT2D eigenvalue weighted by molar-refractivity contribution is 5.73. The van der Waals surface area contributed by atoms with Crippen molar-refractivity contribution in [2.24, 2.45) is 0 Å². The zero-order chi connectivity index (χ0) is 11.5. The molecule has 0 aliphatic carbocycles. The van der Waals surface area contributed by atoms with Gasteiger partial charge in [-0.3, -0.25) is 14.3 Å². The quantitative estimate of drug-likeness (QED) is 0.729. The number of carbonyl (C=O) groups is 1. The molecule has 1 aromatic carbocycles. The molecule has 4 nitrogen and oxygen atoms in total. The Hall–Kier alpha value is -2.10. The third-order valence-corrected chi connectivity index (χ3v) is 2.44. The lowest BCUT2D eigenvalue weighted by Crippen LogP contribution is -2.21. The molecule has 0 radical (unpaired) electrons. The van der Waals surface area contributed by atoms with Crippen molar-refractivity contribution in [3.05, 3.63) is 52.4 Å². The van der Waals surface area contributed by atoms with Crippen LogP contribution in [0, 0.1) is 0 Å². The molecule has 1 heterocycles. The zero-order valence-electron chi connectivity index (χ0n) is 8.96. The molecule has 0 atom stereocenters. The summed E-state index contributed by atoms with van der Waals surface area (Å²) in [5.74, 6) is 0. The summed E-state index contributed by atoms with van der Waals surface area (Å²) < 4.78 is 3.23. The maximum atomic E-state index is 11.9. The van der Waals surface area contributed by atoms with Gasteiger partial charge in [-0.25, -0.2) is 4.68 Å². The van der Waals surface area contributed by atoms with E-state index in [1.54, 1.807) is 10.9 Å². The minimum absolute atomic E-state index is 0.186. The zero-order valence-corrected chi connectivity index (χ0v) is 8.96. The van der Waals surface area contributed by atoms with Crippen molar-refractivity contribution in [1.82, 2.24) is 9.36 Å². The molecular weight excluding hydrogens is 204 g/mol. The van der Waals surface area contributed by atoms with Gasteiger partial charge in [0, 0.05) is 12.7 Å². The first-order chi connectivity index (χ1) is 7.77. The summed E-state index contributed by atoms with van der Waals surface area (Å²) in [6.07, 6.45) is 2.16. The number of aromatic nitrogens is 2. The highest BCUT2D eigenvalue weighted by Gasteiger charge is 2.10. The predicted molar refractivity (Wildman–Crippen MR) is 61.1 cm³/mol. The number of aryl methyl sites for hydroxylation is 1. The molecule has 0 saturated heterocycles. The van der Waals surface area contributed by atoms with Crippen molar-refractivity contribution >= 4 is 6.29 Å². The molecular formula is C12H12N2O2. The third kappa shape index (κ3) is 1.58. The Morgan fingerprint density at radius 2 is 1.94 bits per heavy atom. The van der Waals surface area contributed by atoms with Crippen LogP contribution in [0.5, 0.6) is 0 Å². The van der Waals surface area contributed by atoms with Gasteiger partial charge in [-0.15, -0.1) is 0 Å². The van der Waals surface area contributed by atoms with Gasteiger partial charge < -0.3 is 0 Å². The molecule has 0 aliphatic heterocycles. The van der Waals surface area contributed by atoms with Crippen molar-refractivity contribution in [3.63, 3.8) is 0 Å². The average Bonchev–Trinajstić information content (AvgIpc) is 2.66. The monoisotopic (exact) mass is 216 g/mol. The van der Waals surface area contributed by atoms with Gasteiger partial charge in [0.15, 0.2) is 6.29 Å². The Morgan fingerprint density at radius 1 is 1.25 bits per heavy atom. The van der Waals surface area contributed by atoms with E-state index in [1.165, 1.54) is 4.68 Å². The van der Waals surface area contributed by atoms with Crippen LogP contribution in [0.3, 0.4) is 0 Å². The van der Waals surface area contributed by atoms with Crippen molar-refractivity contribution in [2.45, 2.75) is 13.5 Å². The predicted octanol–water partition coefficient (Wildman–Crippen LogP) is 1.47. The van der Waals surface area contributed by atoms with Crippen LogP contribution in [0.4, 0.5) is 0 Å². The Bertz CT molecular complexity index is 552. The van der Waals surface area contributed by atoms with E-state index >= 15 is 0 Å². The summed E-state index contributed by atoms with van der Waals surface area (Å²) in [6, 6.07) is 9.27. The molecule has 82 valence electrons. The summed E-state index contributed by atoms with van der Waals surface area (Å²) in [4.78, 5) is 22.6. The summed E-state index contributed by atoms with van der Waals surface area (Å²) >= 11 is 0. The number of hydrogen-bond donors (Lipinski definition) is 0. The Kier molecular flexibility index (Phi) is 2.72. The fraction of sp³-hybridized carbons (Fsp3) is 0.167. The SMILES string of the molecule is CCn1cc(C=O)c(=O)n1-c1ccccc1. The normalized spacial score (nSPS) is 10.3. The molecule has 2 aromatic rings. The molecule has 0 fully saturated rings. The Morgan fingerprint density at radius 3 is 2.50 bits per heavy atom. The van der Waals surface area contributed by atoms with E-state index in [-0.39, 0.29) is 11.1 Å². The van der Waals surface area contributed by atoms with E-state index in [2.05, 4.69) is 0 Å². The molecule has 4 heteroatoms. The van der Waals surface area contributed by atoms with Crippen LogP contribution in [0.15, 0.2) is 41.3 Å². The smallest absolute Gasteiger partial charge is 0.281 e. The molecule has 0 bridgehead atoms. The molecule has 0 saturated carbocycles. The highest BCUT2D eigenvalue weighted by atomic mass is 16.1. The first-order valence-corrected chi connectivity index (χ1v) is 5.11. The fourth-order valence-electron chi connectivity index (χ4n) is 1.66. The molecule has 16 heavy (non-hydrogen) atoms. The number of aldehydes is 1. The second kappa shape index (κ2) is 4.18. The Balaban J connectivity index is 2.69. The van der Waals surface area contributed by atoms with Crippen LogP contribution >= 0.6 is 0 Å². The second-order valence-electron chi connectivity index (χ2n) is 3.41. The van der Waals surface area contributed by atoms with Crippen molar-refractivity contribution in [1.29, 1.82) is 0 Å². The van der Waals surface area contributed by atoms with Crippen LogP contribution in [-0.4, -0.2) is 15.6 Å². The van der Waals surface area contributed by atoms with Gasteiger partial charge in [0.2, 0.25) is 0 Å². The van der Waals surface area contributed by atoms with E-state index in [9.17, 15) is 9.59 Å². The molecule has 0 unspecified atom stereocenters. The van der Waals surface area contributed by atoms with Crippen molar-refractivity contribution in [2.75, 3.05) is 0 Å². The van der Waals surface area contributed by atoms with Crippen molar-refractivity contribution < 1.29 is 4.79 Å². The van der Waals surface area contributed by atoms with Crippen LogP contribution in [0.1, 0.15) is 17.3 Å². The maximum Gasteiger partial charge on any atom is 0.281 e. The van der Waals surface area contributed by atoms with E-state index in [1.807, 2.05) is 37.3 Å². The molecule has 1 aromatic heterocycles. The van der Waals surface area contributed by atoms with E-state index in [0.29, 0.717) is 12.8 Å². The summed E-state index contributed by atoms with van der Waals surface area (Å²) in [6.45, 7) is 2.56. The summed E-state index contributed by atoms with van der Waals surface area (Å²) in [5, 5.41) is 0. The minimum Gasteiger partial charge on any atom is -0.298 e. The van der Waals surface area contributed by atoms with Gasteiger partial charge in [-0.05, 0) is 19.1 Å². The highest BCUT2D eigenvalue weighted by Crippen LogP contribution is 2.05. The number of nitrogens with zero attached hydrogens (tertiary/aromatic N) is 2. The lowest BCUT2D eigenvalue weighted by Gasteiger charge is -2.08. The number of carbonyl (C=O) groups excluding carboxylic acids is 1. The van der Waals surface area contributed by atoms with Crippen molar-refractivity contribution in [3.8, 4) is 5.69 Å². The average molecular weight is 216 g/mol. The summed E-state index contributed by atoms with van der Waals surface area (Å²) in [7, 11) is 0. The number of benzene rings is 1. The number of para-hydroxylation sites is 1. The van der Waals surface area contributed by atoms with Crippen LogP contribution in [0.25, 0.3) is 5.69 Å². The van der Waals surface area contributed by atoms with Gasteiger partial charge >= 0.3 is 0 Å². The molecule has 0 spiro atoms. The standard InChI is InChI=1S/C12H12N2O2/c1-2-13-8-10(9-15)12(16)14(13)11-6-4-3-5-7-11/h3-9H,2H2,1H3. The Labute approximate surface area is 92.7 Å². The van der Waals surface area contributed by atoms with Gasteiger partial charge in [0.1, 0.15) is 0 Å². The van der Waals surface area contributed by atoms with E-state index in [0.717, 1.165) is 5.69 Å². The molecule has 2 rings (SSSR count). The summed E-state index contributed by atoms with van der Waals surface area (Å²) in [5.41, 5.74) is 0.677. The fourth-order valence-corrected chi connectivity index (χ4v) is 1.66. The molecule has 0 N–H and O–H groups in total. The maximum absolute atomic E-state index is 11.9. The van der Waals surface area contributed by atoms with Gasteiger partial charge in [0.05, 0.1) is 11.3 Å². The number of rotatable bonds is 3. The van der Waals surface area contributed by atoms with E-state index in [4.69, 9.17) is 0 Å². The largest absolute Gasteiger partial charge is 0.298 e. The first-order valence-electron chi connectivity index (χ1n) is 5.11. The molecule has 0 aliphatic rings. The topological polar surface area (TPSA) is 44.0 Å². The van der Waals surface area contributed by atoms with Gasteiger partial charge in [-0.1, -0.05) is 18.2 Å². The van der Waals surface area contributed by atoms with E-state index < -0.39 is 0 Å². The second-order valence-corrected chi connectivity index (χ2v) is 3.41. The molecule has 0 amide bonds. The van der Waals surface area contributed by atoms with Gasteiger partial charge in [0.25, 0.3) is 5.56 Å². The van der Waals surface area contributed by atoms with Crippen LogP contribution < -0.4 is 5.56 Å². The van der Waals surface area contributed by atoms with Crippen LogP contribution in [-0.2, 0) is 6.54 Å². The van der Waals surface area contributed by atoms with Gasteiger partial charge in [-0.2, -0.15) is 0 Å². The minimum atomic E-state index is -0.275. The lowest BCUT2D eigenvalue weighted by atomic mass is 10.3. The first kappa shape index (κ1) is 10.4. The lowest BCUT2D eigenvalue weighted by molar-refractivity contribution is 0.112. The number of hydrogen-bond acceptors (Lipinski definition) is 2.